The molecule has 0 saturated heterocycles. The third-order valence-electron chi connectivity index (χ3n) is 6.52. The van der Waals surface area contributed by atoms with Crippen LogP contribution in [0.4, 0.5) is 0 Å². The van der Waals surface area contributed by atoms with E-state index in [1.165, 1.54) is 65.3 Å². The highest BCUT2D eigenvalue weighted by Crippen LogP contribution is 2.30. The monoisotopic (exact) mass is 412 g/mol. The average Bonchev–Trinajstić information content (AvgIpc) is 2.79. The van der Waals surface area contributed by atoms with E-state index in [9.17, 15) is 0 Å². The standard InChI is InChI=1S/2C16H14/c1-11-6-5-9-15-14-8-4-3-7-13(14)10-12(2)16(11)15;1-11-6-7-13-8-9-14-5-3-4-12(2)16(14)15(13)10-11/h2*3-10H,1-2H3. The smallest absolute Gasteiger partial charge is 0.00760 e. The predicted molar refractivity (Wildman–Crippen MR) is 142 cm³/mol. The van der Waals surface area contributed by atoms with Gasteiger partial charge in [0.2, 0.25) is 0 Å². The van der Waals surface area contributed by atoms with Crippen molar-refractivity contribution in [2.24, 2.45) is 0 Å². The lowest BCUT2D eigenvalue weighted by Gasteiger charge is -2.09. The highest BCUT2D eigenvalue weighted by atomic mass is 14.1. The zero-order chi connectivity index (χ0) is 22.2. The van der Waals surface area contributed by atoms with E-state index in [2.05, 4.69) is 125 Å². The molecule has 0 spiro atoms. The minimum atomic E-state index is 1.32. The molecule has 6 aromatic rings. The van der Waals surface area contributed by atoms with Crippen molar-refractivity contribution < 1.29 is 0 Å². The van der Waals surface area contributed by atoms with Crippen molar-refractivity contribution in [1.29, 1.82) is 0 Å². The minimum Gasteiger partial charge on any atom is -0.0616 e. The molecule has 6 aromatic carbocycles. The molecule has 0 atom stereocenters. The molecule has 0 aliphatic heterocycles. The van der Waals surface area contributed by atoms with Crippen LogP contribution in [0, 0.1) is 27.7 Å². The van der Waals surface area contributed by atoms with Crippen molar-refractivity contribution >= 4 is 43.1 Å². The van der Waals surface area contributed by atoms with E-state index in [1.807, 2.05) is 0 Å². The Balaban J connectivity index is 0.000000135. The van der Waals surface area contributed by atoms with Gasteiger partial charge in [0.1, 0.15) is 0 Å². The maximum Gasteiger partial charge on any atom is -0.00760 e. The summed E-state index contributed by atoms with van der Waals surface area (Å²) in [6, 6.07) is 35.0. The normalized spacial score (nSPS) is 11.1. The topological polar surface area (TPSA) is 0 Å². The van der Waals surface area contributed by atoms with Crippen LogP contribution in [0.15, 0.2) is 97.1 Å². The minimum absolute atomic E-state index is 1.32. The number of hydrogen-bond acceptors (Lipinski definition) is 0. The van der Waals surface area contributed by atoms with Gasteiger partial charge in [-0.05, 0) is 87.5 Å². The molecular formula is C32H28. The molecule has 0 unspecified atom stereocenters. The first-order valence-electron chi connectivity index (χ1n) is 11.3. The van der Waals surface area contributed by atoms with Crippen LogP contribution in [-0.4, -0.2) is 0 Å². The molecule has 0 heteroatoms. The van der Waals surface area contributed by atoms with Crippen molar-refractivity contribution in [3.8, 4) is 0 Å². The fourth-order valence-corrected chi connectivity index (χ4v) is 5.00. The molecule has 0 aliphatic rings. The number of hydrogen-bond donors (Lipinski definition) is 0. The molecule has 0 N–H and O–H groups in total. The molecule has 32 heavy (non-hydrogen) atoms. The second-order valence-electron chi connectivity index (χ2n) is 8.88. The van der Waals surface area contributed by atoms with Crippen molar-refractivity contribution in [3.05, 3.63) is 119 Å². The van der Waals surface area contributed by atoms with E-state index >= 15 is 0 Å². The van der Waals surface area contributed by atoms with E-state index in [0.717, 1.165) is 0 Å². The van der Waals surface area contributed by atoms with Crippen LogP contribution in [0.25, 0.3) is 43.1 Å². The van der Waals surface area contributed by atoms with Crippen LogP contribution in [0.5, 0.6) is 0 Å². The van der Waals surface area contributed by atoms with Gasteiger partial charge in [-0.25, -0.2) is 0 Å². The van der Waals surface area contributed by atoms with Crippen molar-refractivity contribution in [3.63, 3.8) is 0 Å². The summed E-state index contributed by atoms with van der Waals surface area (Å²) >= 11 is 0. The fraction of sp³-hybridized carbons (Fsp3) is 0.125. The van der Waals surface area contributed by atoms with Gasteiger partial charge in [-0.3, -0.25) is 0 Å². The highest BCUT2D eigenvalue weighted by molar-refractivity contribution is 6.10. The number of benzene rings is 6. The molecular weight excluding hydrogens is 384 g/mol. The van der Waals surface area contributed by atoms with E-state index in [4.69, 9.17) is 0 Å². The largest absolute Gasteiger partial charge is 0.0616 e. The Kier molecular flexibility index (Phi) is 5.15. The lowest BCUT2D eigenvalue weighted by Crippen LogP contribution is -1.85. The van der Waals surface area contributed by atoms with Crippen LogP contribution in [-0.2, 0) is 0 Å². The van der Waals surface area contributed by atoms with Crippen molar-refractivity contribution in [2.75, 3.05) is 0 Å². The molecule has 0 amide bonds. The molecule has 0 fully saturated rings. The summed E-state index contributed by atoms with van der Waals surface area (Å²) in [5.74, 6) is 0. The maximum atomic E-state index is 2.28. The predicted octanol–water partition coefficient (Wildman–Crippen LogP) is 9.22. The van der Waals surface area contributed by atoms with E-state index < -0.39 is 0 Å². The van der Waals surface area contributed by atoms with Crippen LogP contribution in [0.2, 0.25) is 0 Å². The zero-order valence-corrected chi connectivity index (χ0v) is 19.2. The van der Waals surface area contributed by atoms with Gasteiger partial charge < -0.3 is 0 Å². The van der Waals surface area contributed by atoms with Crippen LogP contribution >= 0.6 is 0 Å². The van der Waals surface area contributed by atoms with Gasteiger partial charge in [0.25, 0.3) is 0 Å². The molecule has 0 bridgehead atoms. The summed E-state index contributed by atoms with van der Waals surface area (Å²) < 4.78 is 0. The van der Waals surface area contributed by atoms with E-state index in [-0.39, 0.29) is 0 Å². The van der Waals surface area contributed by atoms with Gasteiger partial charge in [0, 0.05) is 0 Å². The van der Waals surface area contributed by atoms with Crippen molar-refractivity contribution in [1.82, 2.24) is 0 Å². The van der Waals surface area contributed by atoms with Gasteiger partial charge in [-0.1, -0.05) is 103 Å². The van der Waals surface area contributed by atoms with Gasteiger partial charge in [-0.15, -0.1) is 0 Å². The van der Waals surface area contributed by atoms with Gasteiger partial charge in [0.15, 0.2) is 0 Å². The second kappa shape index (κ2) is 8.13. The summed E-state index contributed by atoms with van der Waals surface area (Å²) in [7, 11) is 0. The first kappa shape index (κ1) is 20.3. The first-order chi connectivity index (χ1) is 15.5. The Labute approximate surface area is 190 Å². The number of fused-ring (bicyclic) bond motifs is 6. The summed E-state index contributed by atoms with van der Waals surface area (Å²) in [5, 5.41) is 10.9. The average molecular weight is 413 g/mol. The number of rotatable bonds is 0. The third-order valence-corrected chi connectivity index (χ3v) is 6.52. The Morgan fingerprint density at radius 1 is 0.375 bits per heavy atom. The molecule has 0 saturated carbocycles. The van der Waals surface area contributed by atoms with Crippen molar-refractivity contribution in [2.45, 2.75) is 27.7 Å². The maximum absolute atomic E-state index is 2.28. The summed E-state index contributed by atoms with van der Waals surface area (Å²) in [6.07, 6.45) is 0. The van der Waals surface area contributed by atoms with Gasteiger partial charge in [0.05, 0.1) is 0 Å². The van der Waals surface area contributed by atoms with Crippen LogP contribution in [0.1, 0.15) is 22.3 Å². The molecule has 0 radical (unpaired) electrons. The SMILES string of the molecule is Cc1ccc2ccc3cccc(C)c3c2c1.Cc1cccc2c1c(C)cc1ccccc12. The van der Waals surface area contributed by atoms with Gasteiger partial charge >= 0.3 is 0 Å². The molecule has 156 valence electrons. The quantitative estimate of drug-likeness (QED) is 0.218. The highest BCUT2D eigenvalue weighted by Gasteiger charge is 2.05. The molecule has 0 heterocycles. The first-order valence-corrected chi connectivity index (χ1v) is 11.3. The Bertz CT molecular complexity index is 1600. The van der Waals surface area contributed by atoms with E-state index in [1.54, 1.807) is 0 Å². The summed E-state index contributed by atoms with van der Waals surface area (Å²) in [6.45, 7) is 8.71. The summed E-state index contributed by atoms with van der Waals surface area (Å²) in [4.78, 5) is 0. The fourth-order valence-electron chi connectivity index (χ4n) is 5.00. The third kappa shape index (κ3) is 3.52. The molecule has 6 rings (SSSR count). The molecule has 0 aromatic heterocycles. The summed E-state index contributed by atoms with van der Waals surface area (Å²) in [5.41, 5.74) is 5.41. The van der Waals surface area contributed by atoms with Crippen LogP contribution < -0.4 is 0 Å². The second-order valence-corrected chi connectivity index (χ2v) is 8.88. The molecule has 0 nitrogen and oxygen atoms in total. The Morgan fingerprint density at radius 2 is 1.00 bits per heavy atom. The Hall–Kier alpha value is -3.64. The zero-order valence-electron chi connectivity index (χ0n) is 19.2. The van der Waals surface area contributed by atoms with E-state index in [0.29, 0.717) is 0 Å². The lowest BCUT2D eigenvalue weighted by atomic mass is 9.95. The van der Waals surface area contributed by atoms with Crippen LogP contribution in [0.3, 0.4) is 0 Å². The lowest BCUT2D eigenvalue weighted by molar-refractivity contribution is 1.48. The molecule has 0 aliphatic carbocycles. The Morgan fingerprint density at radius 3 is 1.84 bits per heavy atom. The van der Waals surface area contributed by atoms with Gasteiger partial charge in [-0.2, -0.15) is 0 Å². The number of aryl methyl sites for hydroxylation is 4.